The Labute approximate surface area is 208 Å². The van der Waals surface area contributed by atoms with E-state index in [0.717, 1.165) is 11.1 Å². The van der Waals surface area contributed by atoms with Crippen LogP contribution in [0.1, 0.15) is 25.0 Å². The number of nitrogens with two attached hydrogens (primary N) is 1. The van der Waals surface area contributed by atoms with E-state index in [1.807, 2.05) is 51.1 Å². The molecule has 10 heteroatoms. The van der Waals surface area contributed by atoms with Gasteiger partial charge in [-0.05, 0) is 30.0 Å². The van der Waals surface area contributed by atoms with Gasteiger partial charge >= 0.3 is 5.69 Å². The summed E-state index contributed by atoms with van der Waals surface area (Å²) in [4.78, 5) is 42.4. The van der Waals surface area contributed by atoms with E-state index in [-0.39, 0.29) is 37.1 Å². The highest BCUT2D eigenvalue weighted by Crippen LogP contribution is 2.31. The van der Waals surface area contributed by atoms with E-state index in [1.165, 1.54) is 16.6 Å². The zero-order valence-corrected chi connectivity index (χ0v) is 21.0. The van der Waals surface area contributed by atoms with Crippen molar-refractivity contribution >= 4 is 34.7 Å². The third-order valence-corrected chi connectivity index (χ3v) is 5.83. The van der Waals surface area contributed by atoms with Crippen LogP contribution >= 0.6 is 11.6 Å². The van der Waals surface area contributed by atoms with E-state index in [2.05, 4.69) is 10.3 Å². The third-order valence-electron chi connectivity index (χ3n) is 5.43. The molecule has 0 saturated carbocycles. The Bertz CT molecular complexity index is 1320. The van der Waals surface area contributed by atoms with Crippen LogP contribution in [0, 0.1) is 12.8 Å². The van der Waals surface area contributed by atoms with Crippen LogP contribution in [0.25, 0.3) is 0 Å². The summed E-state index contributed by atoms with van der Waals surface area (Å²) in [5, 5.41) is 3.61. The molecule has 3 rings (SSSR count). The first-order valence-electron chi connectivity index (χ1n) is 11.2. The molecule has 9 nitrogen and oxygen atoms in total. The molecule has 1 heterocycles. The average Bonchev–Trinajstić information content (AvgIpc) is 2.81. The summed E-state index contributed by atoms with van der Waals surface area (Å²) in [6, 6.07) is 12.7. The molecule has 0 atom stereocenters. The smallest absolute Gasteiger partial charge is 0.330 e. The second-order valence-electron chi connectivity index (χ2n) is 8.62. The molecule has 0 aliphatic carbocycles. The zero-order chi connectivity index (χ0) is 25.7. The third kappa shape index (κ3) is 6.05. The Morgan fingerprint density at radius 3 is 2.54 bits per heavy atom. The molecule has 0 spiro atoms. The van der Waals surface area contributed by atoms with Gasteiger partial charge in [-0.25, -0.2) is 4.79 Å². The number of H-pyrrole nitrogens is 1. The maximum Gasteiger partial charge on any atom is 0.330 e. The van der Waals surface area contributed by atoms with Crippen LogP contribution in [0.4, 0.5) is 17.2 Å². The molecule has 0 radical (unpaired) electrons. The first-order chi connectivity index (χ1) is 16.6. The van der Waals surface area contributed by atoms with Crippen molar-refractivity contribution in [2.45, 2.75) is 27.3 Å². The summed E-state index contributed by atoms with van der Waals surface area (Å²) >= 11 is 6.17. The fourth-order valence-electron chi connectivity index (χ4n) is 3.68. The van der Waals surface area contributed by atoms with Gasteiger partial charge in [-0.15, -0.1) is 0 Å². The van der Waals surface area contributed by atoms with Crippen molar-refractivity contribution < 1.29 is 9.53 Å². The summed E-state index contributed by atoms with van der Waals surface area (Å²) in [5.41, 5.74) is 7.14. The van der Waals surface area contributed by atoms with E-state index in [9.17, 15) is 14.4 Å². The first-order valence-corrected chi connectivity index (χ1v) is 11.5. The molecule has 0 fully saturated rings. The van der Waals surface area contributed by atoms with Crippen molar-refractivity contribution in [1.82, 2.24) is 9.55 Å². The lowest BCUT2D eigenvalue weighted by atomic mass is 10.2. The van der Waals surface area contributed by atoms with Gasteiger partial charge in [-0.3, -0.25) is 19.1 Å². The number of nitrogens with zero attached hydrogens (tertiary/aromatic N) is 2. The molecule has 3 aromatic rings. The number of amides is 1. The van der Waals surface area contributed by atoms with Crippen molar-refractivity contribution in [3.8, 4) is 5.75 Å². The molecule has 186 valence electrons. The number of carbonyl (C=O) groups excluding carboxylic acids is 1. The maximum absolute atomic E-state index is 13.4. The first kappa shape index (κ1) is 25.9. The van der Waals surface area contributed by atoms with Crippen molar-refractivity contribution in [2.75, 3.05) is 36.1 Å². The SMILES string of the molecule is COc1cc(Cl)c(C)cc1NCC(=O)N(CC(C)C)c1c(N)n(Cc2ccccc2)c(=O)[nH]c1=O. The number of aromatic amines is 1. The fourth-order valence-corrected chi connectivity index (χ4v) is 3.83. The number of anilines is 3. The van der Waals surface area contributed by atoms with Crippen molar-refractivity contribution in [3.05, 3.63) is 79.5 Å². The van der Waals surface area contributed by atoms with Gasteiger partial charge in [0.2, 0.25) is 5.91 Å². The molecule has 0 aliphatic heterocycles. The molecule has 0 bridgehead atoms. The van der Waals surface area contributed by atoms with Gasteiger partial charge < -0.3 is 20.7 Å². The van der Waals surface area contributed by atoms with Gasteiger partial charge in [0.1, 0.15) is 11.6 Å². The van der Waals surface area contributed by atoms with Crippen LogP contribution in [0.3, 0.4) is 0 Å². The number of aryl methyl sites for hydroxylation is 1. The Kier molecular flexibility index (Phi) is 8.24. The van der Waals surface area contributed by atoms with Gasteiger partial charge in [-0.1, -0.05) is 55.8 Å². The van der Waals surface area contributed by atoms with E-state index in [1.54, 1.807) is 12.1 Å². The Balaban J connectivity index is 1.97. The molecule has 0 unspecified atom stereocenters. The van der Waals surface area contributed by atoms with Crippen LogP contribution in [0.5, 0.6) is 5.75 Å². The minimum absolute atomic E-state index is 0.0274. The number of carbonyl (C=O) groups is 1. The highest BCUT2D eigenvalue weighted by molar-refractivity contribution is 6.31. The predicted molar refractivity (Wildman–Crippen MR) is 140 cm³/mol. The molecule has 0 aliphatic rings. The van der Waals surface area contributed by atoms with Crippen molar-refractivity contribution in [2.24, 2.45) is 5.92 Å². The number of nitrogens with one attached hydrogen (secondary N) is 2. The van der Waals surface area contributed by atoms with Crippen LogP contribution < -0.4 is 31.9 Å². The van der Waals surface area contributed by atoms with Crippen LogP contribution in [-0.4, -0.2) is 35.7 Å². The van der Waals surface area contributed by atoms with E-state index in [4.69, 9.17) is 22.1 Å². The predicted octanol–water partition coefficient (Wildman–Crippen LogP) is 3.24. The van der Waals surface area contributed by atoms with Gasteiger partial charge in [0.05, 0.1) is 25.9 Å². The topological polar surface area (TPSA) is 122 Å². The molecular formula is C25H30ClN5O4. The van der Waals surface area contributed by atoms with Crippen LogP contribution in [-0.2, 0) is 11.3 Å². The number of nitrogen functional groups attached to an aromatic ring is 1. The molecule has 2 aromatic carbocycles. The summed E-state index contributed by atoms with van der Waals surface area (Å²) in [6.45, 7) is 5.93. The quantitative estimate of drug-likeness (QED) is 0.415. The summed E-state index contributed by atoms with van der Waals surface area (Å²) in [6.07, 6.45) is 0. The molecule has 35 heavy (non-hydrogen) atoms. The fraction of sp³-hybridized carbons (Fsp3) is 0.320. The number of ether oxygens (including phenoxy) is 1. The van der Waals surface area contributed by atoms with Crippen molar-refractivity contribution in [3.63, 3.8) is 0 Å². The number of halogens is 1. The molecule has 4 N–H and O–H groups in total. The molecule has 0 saturated heterocycles. The molecular weight excluding hydrogens is 470 g/mol. The average molecular weight is 500 g/mol. The van der Waals surface area contributed by atoms with E-state index in [0.29, 0.717) is 16.5 Å². The zero-order valence-electron chi connectivity index (χ0n) is 20.2. The van der Waals surface area contributed by atoms with Crippen LogP contribution in [0.15, 0.2) is 52.1 Å². The minimum Gasteiger partial charge on any atom is -0.495 e. The Hall–Kier alpha value is -3.72. The largest absolute Gasteiger partial charge is 0.495 e. The standard InChI is InChI=1S/C25H30ClN5O4/c1-15(2)13-30(21(32)12-28-19-10-16(3)18(26)11-20(19)35-4)22-23(27)31(25(34)29-24(22)33)14-17-8-6-5-7-9-17/h5-11,15,28H,12-14,27H2,1-4H3,(H,29,33,34). The van der Waals surface area contributed by atoms with E-state index >= 15 is 0 Å². The number of benzene rings is 2. The summed E-state index contributed by atoms with van der Waals surface area (Å²) in [5.74, 6) is 0.0455. The molecule has 1 amide bonds. The number of hydrogen-bond donors (Lipinski definition) is 3. The lowest BCUT2D eigenvalue weighted by Crippen LogP contribution is -2.44. The normalized spacial score (nSPS) is 10.9. The van der Waals surface area contributed by atoms with Gasteiger partial charge in [0.15, 0.2) is 5.69 Å². The van der Waals surface area contributed by atoms with Gasteiger partial charge in [0.25, 0.3) is 5.56 Å². The number of aromatic nitrogens is 2. The second-order valence-corrected chi connectivity index (χ2v) is 9.03. The van der Waals surface area contributed by atoms with Crippen molar-refractivity contribution in [1.29, 1.82) is 0 Å². The Morgan fingerprint density at radius 2 is 1.91 bits per heavy atom. The Morgan fingerprint density at radius 1 is 1.23 bits per heavy atom. The summed E-state index contributed by atoms with van der Waals surface area (Å²) in [7, 11) is 1.51. The van der Waals surface area contributed by atoms with Gasteiger partial charge in [-0.2, -0.15) is 0 Å². The monoisotopic (exact) mass is 499 g/mol. The number of rotatable bonds is 9. The highest BCUT2D eigenvalue weighted by atomic mass is 35.5. The number of hydrogen-bond acceptors (Lipinski definition) is 6. The number of methoxy groups -OCH3 is 1. The highest BCUT2D eigenvalue weighted by Gasteiger charge is 2.25. The summed E-state index contributed by atoms with van der Waals surface area (Å²) < 4.78 is 6.62. The minimum atomic E-state index is -0.717. The lowest BCUT2D eigenvalue weighted by Gasteiger charge is -2.26. The lowest BCUT2D eigenvalue weighted by molar-refractivity contribution is -0.117. The van der Waals surface area contributed by atoms with Crippen LogP contribution in [0.2, 0.25) is 5.02 Å². The van der Waals surface area contributed by atoms with E-state index < -0.39 is 17.2 Å². The molecule has 1 aromatic heterocycles. The second kappa shape index (κ2) is 11.1. The maximum atomic E-state index is 13.4. The van der Waals surface area contributed by atoms with Gasteiger partial charge in [0, 0.05) is 17.6 Å².